The van der Waals surface area contributed by atoms with Crippen LogP contribution >= 0.6 is 0 Å². The number of nitrogens with one attached hydrogen (secondary N) is 2. The molecule has 0 unspecified atom stereocenters. The molecule has 2 N–H and O–H groups in total. The van der Waals surface area contributed by atoms with Gasteiger partial charge < -0.3 is 19.9 Å². The summed E-state index contributed by atoms with van der Waals surface area (Å²) in [5.74, 6) is 0.491. The van der Waals surface area contributed by atoms with E-state index in [1.165, 1.54) is 13.2 Å². The third kappa shape index (κ3) is 4.01. The van der Waals surface area contributed by atoms with Crippen molar-refractivity contribution in [3.05, 3.63) is 59.5 Å². The van der Waals surface area contributed by atoms with Crippen LogP contribution in [0.1, 0.15) is 26.6 Å². The van der Waals surface area contributed by atoms with Gasteiger partial charge in [-0.2, -0.15) is 0 Å². The molecule has 0 aliphatic rings. The van der Waals surface area contributed by atoms with Crippen molar-refractivity contribution in [2.75, 3.05) is 17.7 Å². The average Bonchev–Trinajstić information content (AvgIpc) is 3.07. The standard InChI is InChI=1S/C17H15N5O4/c1-10-9-15(22-26-10)19-16(23)13-7-8-14(21-20-13)18-12-5-3-11(4-6-12)17(24)25-2/h3-9H,1-2H3,(H,18,21)(H,19,22,23). The fourth-order valence-electron chi connectivity index (χ4n) is 2.08. The highest BCUT2D eigenvalue weighted by Gasteiger charge is 2.11. The SMILES string of the molecule is COC(=O)c1ccc(Nc2ccc(C(=O)Nc3cc(C)on3)nn2)cc1. The number of aromatic nitrogens is 3. The molecule has 0 spiro atoms. The van der Waals surface area contributed by atoms with Crippen molar-refractivity contribution in [1.82, 2.24) is 15.4 Å². The fraction of sp³-hybridized carbons (Fsp3) is 0.118. The maximum Gasteiger partial charge on any atom is 0.337 e. The number of benzene rings is 1. The molecule has 132 valence electrons. The average molecular weight is 353 g/mol. The Balaban J connectivity index is 1.63. The summed E-state index contributed by atoms with van der Waals surface area (Å²) in [6.07, 6.45) is 0. The third-order valence-electron chi connectivity index (χ3n) is 3.35. The Bertz CT molecular complexity index is 919. The Kier molecular flexibility index (Phi) is 4.88. The van der Waals surface area contributed by atoms with Gasteiger partial charge in [0.2, 0.25) is 0 Å². The summed E-state index contributed by atoms with van der Waals surface area (Å²) < 4.78 is 9.52. The number of rotatable bonds is 5. The van der Waals surface area contributed by atoms with Gasteiger partial charge in [0.25, 0.3) is 5.91 Å². The second-order valence-electron chi connectivity index (χ2n) is 5.27. The number of nitrogens with zero attached hydrogens (tertiary/aromatic N) is 3. The molecule has 2 heterocycles. The summed E-state index contributed by atoms with van der Waals surface area (Å²) in [6, 6.07) is 11.4. The zero-order valence-electron chi connectivity index (χ0n) is 14.0. The predicted molar refractivity (Wildman–Crippen MR) is 92.3 cm³/mol. The minimum absolute atomic E-state index is 0.136. The van der Waals surface area contributed by atoms with Gasteiger partial charge in [-0.05, 0) is 43.3 Å². The molecule has 0 radical (unpaired) electrons. The molecule has 26 heavy (non-hydrogen) atoms. The van der Waals surface area contributed by atoms with Crippen molar-refractivity contribution < 1.29 is 18.8 Å². The second kappa shape index (κ2) is 7.43. The van der Waals surface area contributed by atoms with E-state index in [2.05, 4.69) is 30.7 Å². The Morgan fingerprint density at radius 1 is 1.04 bits per heavy atom. The first-order valence-electron chi connectivity index (χ1n) is 7.59. The van der Waals surface area contributed by atoms with Crippen LogP contribution in [0.15, 0.2) is 47.0 Å². The van der Waals surface area contributed by atoms with Crippen molar-refractivity contribution in [3.63, 3.8) is 0 Å². The molecule has 0 aliphatic carbocycles. The highest BCUT2D eigenvalue weighted by atomic mass is 16.5. The van der Waals surface area contributed by atoms with Gasteiger partial charge in [0, 0.05) is 11.8 Å². The van der Waals surface area contributed by atoms with Crippen molar-refractivity contribution in [2.24, 2.45) is 0 Å². The lowest BCUT2D eigenvalue weighted by molar-refractivity contribution is 0.0600. The lowest BCUT2D eigenvalue weighted by atomic mass is 10.2. The number of carbonyl (C=O) groups is 2. The molecular formula is C17H15N5O4. The lowest BCUT2D eigenvalue weighted by Gasteiger charge is -2.06. The van der Waals surface area contributed by atoms with E-state index in [0.29, 0.717) is 28.6 Å². The van der Waals surface area contributed by atoms with Crippen LogP contribution in [0.4, 0.5) is 17.3 Å². The van der Waals surface area contributed by atoms with E-state index < -0.39 is 11.9 Å². The molecule has 2 aromatic heterocycles. The van der Waals surface area contributed by atoms with Gasteiger partial charge in [-0.15, -0.1) is 10.2 Å². The van der Waals surface area contributed by atoms with Crippen molar-refractivity contribution in [1.29, 1.82) is 0 Å². The number of esters is 1. The van der Waals surface area contributed by atoms with E-state index >= 15 is 0 Å². The van der Waals surface area contributed by atoms with E-state index in [4.69, 9.17) is 4.52 Å². The van der Waals surface area contributed by atoms with Gasteiger partial charge >= 0.3 is 5.97 Å². The fourth-order valence-corrected chi connectivity index (χ4v) is 2.08. The molecule has 9 heteroatoms. The number of ether oxygens (including phenoxy) is 1. The number of hydrogen-bond acceptors (Lipinski definition) is 8. The van der Waals surface area contributed by atoms with Gasteiger partial charge in [-0.3, -0.25) is 4.79 Å². The number of amides is 1. The van der Waals surface area contributed by atoms with Crippen LogP contribution < -0.4 is 10.6 Å². The third-order valence-corrected chi connectivity index (χ3v) is 3.35. The molecule has 3 rings (SSSR count). The topological polar surface area (TPSA) is 119 Å². The number of anilines is 3. The van der Waals surface area contributed by atoms with Gasteiger partial charge in [-0.1, -0.05) is 5.16 Å². The minimum atomic E-state index is -0.445. The molecule has 0 bridgehead atoms. The number of methoxy groups -OCH3 is 1. The van der Waals surface area contributed by atoms with Crippen LogP contribution in [0.3, 0.4) is 0 Å². The van der Waals surface area contributed by atoms with Crippen LogP contribution in [0, 0.1) is 6.92 Å². The van der Waals surface area contributed by atoms with E-state index in [9.17, 15) is 9.59 Å². The van der Waals surface area contributed by atoms with E-state index in [1.54, 1.807) is 43.3 Å². The van der Waals surface area contributed by atoms with Gasteiger partial charge in [0.05, 0.1) is 12.7 Å². The zero-order valence-corrected chi connectivity index (χ0v) is 14.0. The Hall–Kier alpha value is -3.75. The largest absolute Gasteiger partial charge is 0.465 e. The van der Waals surface area contributed by atoms with Crippen LogP contribution in [0.5, 0.6) is 0 Å². The monoisotopic (exact) mass is 353 g/mol. The van der Waals surface area contributed by atoms with E-state index in [1.807, 2.05) is 0 Å². The smallest absolute Gasteiger partial charge is 0.337 e. The van der Waals surface area contributed by atoms with Crippen LogP contribution in [0.25, 0.3) is 0 Å². The molecule has 1 aromatic carbocycles. The molecule has 1 amide bonds. The normalized spacial score (nSPS) is 10.2. The van der Waals surface area contributed by atoms with Gasteiger partial charge in [0.15, 0.2) is 17.3 Å². The summed E-state index contributed by atoms with van der Waals surface area (Å²) in [5.41, 5.74) is 1.29. The number of hydrogen-bond donors (Lipinski definition) is 2. The van der Waals surface area contributed by atoms with Crippen molar-refractivity contribution in [3.8, 4) is 0 Å². The summed E-state index contributed by atoms with van der Waals surface area (Å²) in [5, 5.41) is 17.1. The minimum Gasteiger partial charge on any atom is -0.465 e. The second-order valence-corrected chi connectivity index (χ2v) is 5.27. The van der Waals surface area contributed by atoms with Crippen molar-refractivity contribution >= 4 is 29.2 Å². The molecule has 0 saturated carbocycles. The Labute approximate surface area is 148 Å². The summed E-state index contributed by atoms with van der Waals surface area (Å²) in [4.78, 5) is 23.5. The quantitative estimate of drug-likeness (QED) is 0.672. The first-order chi connectivity index (χ1) is 12.5. The van der Waals surface area contributed by atoms with E-state index in [-0.39, 0.29) is 5.69 Å². The van der Waals surface area contributed by atoms with Gasteiger partial charge in [0.1, 0.15) is 5.76 Å². The Morgan fingerprint density at radius 2 is 1.81 bits per heavy atom. The maximum absolute atomic E-state index is 12.1. The van der Waals surface area contributed by atoms with E-state index in [0.717, 1.165) is 0 Å². The predicted octanol–water partition coefficient (Wildman–Crippen LogP) is 2.56. The molecule has 0 saturated heterocycles. The molecule has 9 nitrogen and oxygen atoms in total. The molecule has 0 atom stereocenters. The molecular weight excluding hydrogens is 338 g/mol. The highest BCUT2D eigenvalue weighted by molar-refractivity contribution is 6.02. The first-order valence-corrected chi connectivity index (χ1v) is 7.59. The summed E-state index contributed by atoms with van der Waals surface area (Å²) in [7, 11) is 1.32. The maximum atomic E-state index is 12.1. The molecule has 0 fully saturated rings. The Morgan fingerprint density at radius 3 is 2.38 bits per heavy atom. The van der Waals surface area contributed by atoms with Crippen LogP contribution in [-0.4, -0.2) is 34.3 Å². The van der Waals surface area contributed by atoms with Crippen LogP contribution in [0.2, 0.25) is 0 Å². The molecule has 0 aliphatic heterocycles. The number of carbonyl (C=O) groups excluding carboxylic acids is 2. The number of aryl methyl sites for hydroxylation is 1. The highest BCUT2D eigenvalue weighted by Crippen LogP contribution is 2.16. The zero-order chi connectivity index (χ0) is 18.5. The molecule has 3 aromatic rings. The lowest BCUT2D eigenvalue weighted by Crippen LogP contribution is -2.14. The summed E-state index contributed by atoms with van der Waals surface area (Å²) in [6.45, 7) is 1.72. The van der Waals surface area contributed by atoms with Crippen molar-refractivity contribution in [2.45, 2.75) is 6.92 Å². The van der Waals surface area contributed by atoms with Gasteiger partial charge in [-0.25, -0.2) is 4.79 Å². The first kappa shape index (κ1) is 17.1. The summed E-state index contributed by atoms with van der Waals surface area (Å²) >= 11 is 0. The van der Waals surface area contributed by atoms with Crippen LogP contribution in [-0.2, 0) is 4.74 Å².